The first-order valence-electron chi connectivity index (χ1n) is 11.1. The van der Waals surface area contributed by atoms with Gasteiger partial charge in [-0.25, -0.2) is 0 Å². The van der Waals surface area contributed by atoms with Crippen molar-refractivity contribution in [2.45, 2.75) is 94.6 Å². The first-order valence-corrected chi connectivity index (χ1v) is 13.3. The van der Waals surface area contributed by atoms with E-state index in [-0.39, 0.29) is 0 Å². The van der Waals surface area contributed by atoms with Gasteiger partial charge in [-0.2, -0.15) is 145 Å². The normalized spacial score (nSPS) is 17.4. The second kappa shape index (κ2) is 11.9. The topological polar surface area (TPSA) is 78.1 Å². The Balaban J connectivity index is 7.78. The van der Waals surface area contributed by atoms with Gasteiger partial charge in [0.05, 0.1) is 0 Å². The third kappa shape index (κ3) is 5.66. The average Bonchev–Trinajstić information content (AvgIpc) is 2.89. The number of hydrogen-bond acceptors (Lipinski definition) is 3. The fourth-order valence-electron chi connectivity index (χ4n) is 3.01. The van der Waals surface area contributed by atoms with Crippen LogP contribution >= 0.6 is 0 Å². The van der Waals surface area contributed by atoms with E-state index in [0.29, 0.717) is 0 Å². The maximum atomic E-state index is 13.8. The van der Waals surface area contributed by atoms with Gasteiger partial charge in [-0.15, -0.1) is 0 Å². The van der Waals surface area contributed by atoms with E-state index in [2.05, 4.69) is 16.2 Å². The van der Waals surface area contributed by atoms with Gasteiger partial charge >= 0.3 is 103 Å². The molecule has 0 aromatic rings. The molecule has 0 aliphatic carbocycles. The molecule has 0 unspecified atom stereocenters. The second-order valence-electron chi connectivity index (χ2n) is 10.0. The van der Waals surface area contributed by atoms with Gasteiger partial charge < -0.3 is 16.2 Å². The molecule has 0 rings (SSSR count). The predicted molar refractivity (Wildman–Crippen MR) is 98.6 cm³/mol. The van der Waals surface area contributed by atoms with E-state index in [9.17, 15) is 145 Å². The van der Waals surface area contributed by atoms with Crippen LogP contribution in [0.2, 0.25) is 0 Å². The highest BCUT2D eigenvalue weighted by atomic mass is 28.4. The Labute approximate surface area is 265 Å². The van der Waals surface area contributed by atoms with Gasteiger partial charge in [0.25, 0.3) is 0 Å². The number of alkyl halides is 33. The Morgan fingerprint density at radius 2 is 0.302 bits per heavy atom. The fraction of sp³-hybridized carbons (Fsp3) is 1.00. The molecule has 0 saturated carbocycles. The lowest BCUT2D eigenvalue weighted by Crippen LogP contribution is -2.85. The van der Waals surface area contributed by atoms with Crippen molar-refractivity contribution in [3.63, 3.8) is 0 Å². The van der Waals surface area contributed by atoms with E-state index in [4.69, 9.17) is 0 Å². The molecule has 0 saturated heterocycles. The molecule has 6 N–H and O–H groups in total. The third-order valence-electron chi connectivity index (χ3n) is 6.42. The molecule has 0 spiro atoms. The Hall–Kier alpha value is -2.21. The highest BCUT2D eigenvalue weighted by molar-refractivity contribution is 6.73. The molecule has 0 radical (unpaired) electrons. The molecule has 0 aliphatic heterocycles. The van der Waals surface area contributed by atoms with Gasteiger partial charge in [-0.3, -0.25) is 0 Å². The van der Waals surface area contributed by atoms with Gasteiger partial charge in [0.15, 0.2) is 0 Å². The summed E-state index contributed by atoms with van der Waals surface area (Å²) in [6.07, 6.45) is -8.40. The largest absolute Gasteiger partial charge is 0.460 e. The summed E-state index contributed by atoms with van der Waals surface area (Å²) >= 11 is 0. The van der Waals surface area contributed by atoms with Crippen LogP contribution in [0.3, 0.4) is 0 Å². The summed E-state index contributed by atoms with van der Waals surface area (Å²) in [6.45, 7) is 0. The summed E-state index contributed by atoms with van der Waals surface area (Å²) in [7, 11) is -7.11. The molecular formula is C16H6F33N3Si. The highest BCUT2D eigenvalue weighted by Crippen LogP contribution is 2.70. The molecule has 37 heteroatoms. The molecule has 0 aromatic carbocycles. The minimum Gasteiger partial charge on any atom is -0.323 e. The molecule has 0 aromatic heterocycles. The highest BCUT2D eigenvalue weighted by Gasteiger charge is 3.02. The van der Waals surface area contributed by atoms with E-state index in [0.717, 1.165) is 0 Å². The summed E-state index contributed by atoms with van der Waals surface area (Å²) in [5.41, 5.74) is -7.49. The molecule has 0 heterocycles. The first-order chi connectivity index (χ1) is 22.0. The van der Waals surface area contributed by atoms with E-state index in [1.54, 1.807) is 0 Å². The molecule has 0 bridgehead atoms. The zero-order valence-corrected chi connectivity index (χ0v) is 23.7. The molecule has 0 amide bonds. The fourth-order valence-corrected chi connectivity index (χ4v) is 3.71. The van der Waals surface area contributed by atoms with E-state index in [1.807, 2.05) is 0 Å². The monoisotopic (exact) mass is 895 g/mol. The van der Waals surface area contributed by atoms with Crippen LogP contribution in [0.4, 0.5) is 145 Å². The lowest BCUT2D eigenvalue weighted by Gasteiger charge is -2.47. The summed E-state index contributed by atoms with van der Waals surface area (Å²) in [5.74, 6) is -136. The van der Waals surface area contributed by atoms with Crippen LogP contribution in [0.1, 0.15) is 0 Å². The SMILES string of the molecule is N[Si](N)(N)C(F)(F)C(F)(F)C(F)(F)C(F)(F)C(F)(F)C(F)(F)C(F)(F)C(F)(F)C(F)(F)C(F)(F)C(F)(F)C(F)(F)C(F)(F)C(F)(F)C(F)(F)C(F)(F)F. The summed E-state index contributed by atoms with van der Waals surface area (Å²) < 4.78 is 444. The Morgan fingerprint density at radius 1 is 0.189 bits per heavy atom. The van der Waals surface area contributed by atoms with Crippen LogP contribution in [0.25, 0.3) is 0 Å². The van der Waals surface area contributed by atoms with Crippen molar-refractivity contribution in [3.05, 3.63) is 0 Å². The zero-order chi connectivity index (χ0) is 44.5. The lowest BCUT2D eigenvalue weighted by molar-refractivity contribution is -0.490. The zero-order valence-electron chi connectivity index (χ0n) is 22.7. The van der Waals surface area contributed by atoms with Crippen LogP contribution in [0, 0.1) is 0 Å². The Bertz CT molecular complexity index is 1250. The minimum atomic E-state index is -10.2. The van der Waals surface area contributed by atoms with Gasteiger partial charge in [0.2, 0.25) is 0 Å². The van der Waals surface area contributed by atoms with Gasteiger partial charge in [0.1, 0.15) is 0 Å². The maximum absolute atomic E-state index is 13.8. The van der Waals surface area contributed by atoms with Crippen molar-refractivity contribution in [1.29, 1.82) is 0 Å². The summed E-state index contributed by atoms with van der Waals surface area (Å²) in [6, 6.07) is 0. The van der Waals surface area contributed by atoms with Crippen molar-refractivity contribution in [3.8, 4) is 0 Å². The molecule has 0 fully saturated rings. The van der Waals surface area contributed by atoms with Crippen LogP contribution < -0.4 is 16.2 Å². The van der Waals surface area contributed by atoms with Crippen molar-refractivity contribution in [2.24, 2.45) is 16.2 Å². The van der Waals surface area contributed by atoms with Crippen LogP contribution in [0.5, 0.6) is 0 Å². The van der Waals surface area contributed by atoms with Crippen LogP contribution in [-0.4, -0.2) is 103 Å². The molecule has 0 atom stereocenters. The van der Waals surface area contributed by atoms with Crippen molar-refractivity contribution in [2.75, 3.05) is 0 Å². The molecule has 320 valence electrons. The first kappa shape index (κ1) is 50.8. The number of halogens is 33. The quantitative estimate of drug-likeness (QED) is 0.114. The van der Waals surface area contributed by atoms with E-state index >= 15 is 0 Å². The molecule has 53 heavy (non-hydrogen) atoms. The summed E-state index contributed by atoms with van der Waals surface area (Å²) in [5, 5.41) is 11.7. The average molecular weight is 895 g/mol. The van der Waals surface area contributed by atoms with Crippen molar-refractivity contribution in [1.82, 2.24) is 0 Å². The Kier molecular flexibility index (Phi) is 11.4. The van der Waals surface area contributed by atoms with E-state index in [1.165, 1.54) is 0 Å². The number of rotatable bonds is 15. The van der Waals surface area contributed by atoms with Gasteiger partial charge in [0, 0.05) is 0 Å². The van der Waals surface area contributed by atoms with Gasteiger partial charge in [-0.1, -0.05) is 0 Å². The third-order valence-corrected chi connectivity index (χ3v) is 7.82. The van der Waals surface area contributed by atoms with Crippen molar-refractivity contribution < 1.29 is 145 Å². The molecule has 0 aliphatic rings. The predicted octanol–water partition coefficient (Wildman–Crippen LogP) is 8.43. The number of nitrogens with two attached hydrogens (primary N) is 3. The minimum absolute atomic E-state index is 3.89. The Morgan fingerprint density at radius 3 is 0.415 bits per heavy atom. The van der Waals surface area contributed by atoms with E-state index < -0.39 is 103 Å². The standard InChI is InChI=1S/C16H6F33N3Si/c17-1(18,3(21,22)5(25,26)7(29,30)9(33,34)11(37,38)13(41,42)15(45,46)47)2(19,20)4(23,24)6(27,28)8(31,32)10(35,36)12(39,40)14(43,44)16(48,49)53(50,51)52/h50-52H2. The second-order valence-corrected chi connectivity index (χ2v) is 12.5. The smallest absolute Gasteiger partial charge is 0.323 e. The number of hydrogen-bond donors (Lipinski definition) is 3. The summed E-state index contributed by atoms with van der Waals surface area (Å²) in [4.78, 5) is 0. The molecular weight excluding hydrogens is 889 g/mol. The lowest BCUT2D eigenvalue weighted by atomic mass is 9.83. The van der Waals surface area contributed by atoms with Crippen molar-refractivity contribution >= 4 is 8.56 Å². The maximum Gasteiger partial charge on any atom is 0.460 e. The van der Waals surface area contributed by atoms with Crippen LogP contribution in [-0.2, 0) is 0 Å². The van der Waals surface area contributed by atoms with Gasteiger partial charge in [-0.05, 0) is 0 Å². The molecule has 3 nitrogen and oxygen atoms in total. The van der Waals surface area contributed by atoms with Crippen LogP contribution in [0.15, 0.2) is 0 Å².